The molecule has 1 N–H and O–H groups in total. The van der Waals surface area contributed by atoms with Crippen LogP contribution in [0.5, 0.6) is 0 Å². The molecule has 1 unspecified atom stereocenters. The van der Waals surface area contributed by atoms with E-state index < -0.39 is 0 Å². The molecule has 1 saturated heterocycles. The molecular formula is C14H17NO. The molecule has 16 heavy (non-hydrogen) atoms. The second-order valence-corrected chi connectivity index (χ2v) is 3.93. The SMILES string of the molecule is C(#Cc1ccccc1)CNCC1CCCO1. The monoisotopic (exact) mass is 215 g/mol. The van der Waals surface area contributed by atoms with E-state index in [0.29, 0.717) is 6.10 Å². The fraction of sp³-hybridized carbons (Fsp3) is 0.429. The normalized spacial score (nSPS) is 19.1. The summed E-state index contributed by atoms with van der Waals surface area (Å²) < 4.78 is 5.51. The van der Waals surface area contributed by atoms with Gasteiger partial charge in [-0.05, 0) is 25.0 Å². The first-order chi connectivity index (χ1) is 7.95. The van der Waals surface area contributed by atoms with E-state index in [1.165, 1.54) is 12.8 Å². The Morgan fingerprint density at radius 1 is 1.31 bits per heavy atom. The van der Waals surface area contributed by atoms with Crippen molar-refractivity contribution >= 4 is 0 Å². The first-order valence-electron chi connectivity index (χ1n) is 5.81. The Labute approximate surface area is 97.0 Å². The van der Waals surface area contributed by atoms with Crippen molar-refractivity contribution in [2.75, 3.05) is 19.7 Å². The van der Waals surface area contributed by atoms with E-state index in [-0.39, 0.29) is 0 Å². The summed E-state index contributed by atoms with van der Waals surface area (Å²) in [5.74, 6) is 6.23. The highest BCUT2D eigenvalue weighted by Crippen LogP contribution is 2.10. The molecule has 2 rings (SSSR count). The molecular weight excluding hydrogens is 198 g/mol. The Hall–Kier alpha value is -1.30. The van der Waals surface area contributed by atoms with Crippen LogP contribution >= 0.6 is 0 Å². The molecule has 1 fully saturated rings. The molecule has 0 bridgehead atoms. The van der Waals surface area contributed by atoms with Crippen LogP contribution in [0.4, 0.5) is 0 Å². The van der Waals surface area contributed by atoms with Gasteiger partial charge in [0.2, 0.25) is 0 Å². The second kappa shape index (κ2) is 6.32. The van der Waals surface area contributed by atoms with Crippen LogP contribution in [0.25, 0.3) is 0 Å². The van der Waals surface area contributed by atoms with Gasteiger partial charge in [-0.25, -0.2) is 0 Å². The molecule has 84 valence electrons. The maximum atomic E-state index is 5.51. The van der Waals surface area contributed by atoms with E-state index in [0.717, 1.165) is 25.3 Å². The van der Waals surface area contributed by atoms with Crippen molar-refractivity contribution in [3.05, 3.63) is 35.9 Å². The minimum absolute atomic E-state index is 0.401. The summed E-state index contributed by atoms with van der Waals surface area (Å²) in [6.07, 6.45) is 2.78. The van der Waals surface area contributed by atoms with E-state index in [1.54, 1.807) is 0 Å². The smallest absolute Gasteiger partial charge is 0.0700 e. The van der Waals surface area contributed by atoms with E-state index in [1.807, 2.05) is 30.3 Å². The van der Waals surface area contributed by atoms with E-state index in [9.17, 15) is 0 Å². The van der Waals surface area contributed by atoms with Crippen molar-refractivity contribution in [3.63, 3.8) is 0 Å². The van der Waals surface area contributed by atoms with Gasteiger partial charge in [0.1, 0.15) is 0 Å². The number of hydrogen-bond donors (Lipinski definition) is 1. The van der Waals surface area contributed by atoms with Crippen LogP contribution < -0.4 is 5.32 Å². The maximum Gasteiger partial charge on any atom is 0.0700 e. The van der Waals surface area contributed by atoms with Gasteiger partial charge < -0.3 is 10.1 Å². The van der Waals surface area contributed by atoms with E-state index in [4.69, 9.17) is 4.74 Å². The molecule has 0 amide bonds. The molecule has 1 atom stereocenters. The molecule has 0 radical (unpaired) electrons. The summed E-state index contributed by atoms with van der Waals surface area (Å²) in [7, 11) is 0. The van der Waals surface area contributed by atoms with Crippen molar-refractivity contribution in [1.82, 2.24) is 5.32 Å². The zero-order valence-corrected chi connectivity index (χ0v) is 9.41. The average Bonchev–Trinajstić information content (AvgIpc) is 2.83. The summed E-state index contributed by atoms with van der Waals surface area (Å²) >= 11 is 0. The highest BCUT2D eigenvalue weighted by atomic mass is 16.5. The summed E-state index contributed by atoms with van der Waals surface area (Å²) in [5, 5.41) is 3.30. The molecule has 1 aliphatic heterocycles. The molecule has 0 spiro atoms. The lowest BCUT2D eigenvalue weighted by Gasteiger charge is -2.07. The van der Waals surface area contributed by atoms with Crippen LogP contribution in [-0.2, 0) is 4.74 Å². The van der Waals surface area contributed by atoms with Crippen molar-refractivity contribution in [2.24, 2.45) is 0 Å². The Kier molecular flexibility index (Phi) is 4.42. The summed E-state index contributed by atoms with van der Waals surface area (Å²) in [5.41, 5.74) is 1.07. The molecule has 0 aliphatic carbocycles. The third-order valence-electron chi connectivity index (χ3n) is 2.62. The zero-order chi connectivity index (χ0) is 11.1. The highest BCUT2D eigenvalue weighted by Gasteiger charge is 2.13. The predicted molar refractivity (Wildman–Crippen MR) is 65.2 cm³/mol. The Bertz CT molecular complexity index is 357. The number of benzene rings is 1. The second-order valence-electron chi connectivity index (χ2n) is 3.93. The fourth-order valence-corrected chi connectivity index (χ4v) is 1.77. The number of nitrogens with one attached hydrogen (secondary N) is 1. The van der Waals surface area contributed by atoms with Crippen molar-refractivity contribution in [2.45, 2.75) is 18.9 Å². The minimum Gasteiger partial charge on any atom is -0.377 e. The molecule has 0 aromatic heterocycles. The van der Waals surface area contributed by atoms with Crippen molar-refractivity contribution in [1.29, 1.82) is 0 Å². The lowest BCUT2D eigenvalue weighted by atomic mass is 10.2. The Morgan fingerprint density at radius 2 is 2.19 bits per heavy atom. The lowest BCUT2D eigenvalue weighted by molar-refractivity contribution is 0.111. The van der Waals surface area contributed by atoms with Gasteiger partial charge >= 0.3 is 0 Å². The standard InChI is InChI=1S/C14H17NO/c1-2-6-13(7-3-1)8-4-10-15-12-14-9-5-11-16-14/h1-3,6-7,14-15H,5,9-12H2. The van der Waals surface area contributed by atoms with E-state index >= 15 is 0 Å². The zero-order valence-electron chi connectivity index (χ0n) is 9.41. The molecule has 2 nitrogen and oxygen atoms in total. The van der Waals surface area contributed by atoms with Gasteiger partial charge in [0, 0.05) is 18.7 Å². The lowest BCUT2D eigenvalue weighted by Crippen LogP contribution is -2.26. The summed E-state index contributed by atoms with van der Waals surface area (Å²) in [6, 6.07) is 10.1. The molecule has 1 aromatic rings. The summed E-state index contributed by atoms with van der Waals surface area (Å²) in [4.78, 5) is 0. The maximum absolute atomic E-state index is 5.51. The number of ether oxygens (including phenoxy) is 1. The first kappa shape index (κ1) is 11.2. The van der Waals surface area contributed by atoms with Crippen LogP contribution in [0.2, 0.25) is 0 Å². The van der Waals surface area contributed by atoms with Crippen molar-refractivity contribution < 1.29 is 4.74 Å². The van der Waals surface area contributed by atoms with Crippen LogP contribution in [0, 0.1) is 11.8 Å². The third kappa shape index (κ3) is 3.69. The van der Waals surface area contributed by atoms with Crippen molar-refractivity contribution in [3.8, 4) is 11.8 Å². The number of rotatable bonds is 3. The first-order valence-corrected chi connectivity index (χ1v) is 5.81. The molecule has 2 heteroatoms. The predicted octanol–water partition coefficient (Wildman–Crippen LogP) is 1.81. The van der Waals surface area contributed by atoms with Gasteiger partial charge in [-0.2, -0.15) is 0 Å². The molecule has 1 aromatic carbocycles. The van der Waals surface area contributed by atoms with Gasteiger partial charge in [0.05, 0.1) is 12.6 Å². The fourth-order valence-electron chi connectivity index (χ4n) is 1.77. The van der Waals surface area contributed by atoms with Gasteiger partial charge in [-0.3, -0.25) is 0 Å². The minimum atomic E-state index is 0.401. The average molecular weight is 215 g/mol. The largest absolute Gasteiger partial charge is 0.377 e. The van der Waals surface area contributed by atoms with Crippen LogP contribution in [0.1, 0.15) is 18.4 Å². The van der Waals surface area contributed by atoms with Gasteiger partial charge in [-0.15, -0.1) is 0 Å². The Balaban J connectivity index is 1.66. The molecule has 1 heterocycles. The Morgan fingerprint density at radius 3 is 2.94 bits per heavy atom. The third-order valence-corrected chi connectivity index (χ3v) is 2.62. The summed E-state index contributed by atoms with van der Waals surface area (Å²) in [6.45, 7) is 2.57. The van der Waals surface area contributed by atoms with Crippen LogP contribution in [-0.4, -0.2) is 25.8 Å². The van der Waals surface area contributed by atoms with Crippen LogP contribution in [0.15, 0.2) is 30.3 Å². The topological polar surface area (TPSA) is 21.3 Å². The van der Waals surface area contributed by atoms with Gasteiger partial charge in [-0.1, -0.05) is 30.0 Å². The quantitative estimate of drug-likeness (QED) is 0.613. The van der Waals surface area contributed by atoms with E-state index in [2.05, 4.69) is 17.2 Å². The van der Waals surface area contributed by atoms with Crippen LogP contribution in [0.3, 0.4) is 0 Å². The molecule has 0 saturated carbocycles. The molecule has 1 aliphatic rings. The van der Waals surface area contributed by atoms with Gasteiger partial charge in [0.25, 0.3) is 0 Å². The highest BCUT2D eigenvalue weighted by molar-refractivity contribution is 5.33. The van der Waals surface area contributed by atoms with Gasteiger partial charge in [0.15, 0.2) is 0 Å². The number of hydrogen-bond acceptors (Lipinski definition) is 2.